The average Bonchev–Trinajstić information content (AvgIpc) is 2.62. The molecule has 3 N–H and O–H groups in total. The van der Waals surface area contributed by atoms with Crippen LogP contribution < -0.4 is 11.1 Å². The number of hydrogen-bond donors (Lipinski definition) is 2. The molecule has 1 aliphatic heterocycles. The molecule has 23 heavy (non-hydrogen) atoms. The fourth-order valence-corrected chi connectivity index (χ4v) is 4.47. The number of primary amides is 1. The van der Waals surface area contributed by atoms with E-state index in [0.29, 0.717) is 5.56 Å². The molecule has 0 saturated heterocycles. The molecule has 0 saturated carbocycles. The number of carbonyl (C=O) groups is 2. The predicted molar refractivity (Wildman–Crippen MR) is 86.1 cm³/mol. The van der Waals surface area contributed by atoms with Gasteiger partial charge in [0.25, 0.3) is 15.9 Å². The van der Waals surface area contributed by atoms with Gasteiger partial charge in [-0.3, -0.25) is 9.59 Å². The number of sulfonamides is 1. The summed E-state index contributed by atoms with van der Waals surface area (Å²) >= 11 is 0. The molecule has 8 heteroatoms. The molecule has 0 aromatic heterocycles. The Hall–Kier alpha value is -2.35. The average molecular weight is 337 g/mol. The van der Waals surface area contributed by atoms with Crippen LogP contribution in [0.4, 0.5) is 0 Å². The number of hydrogen-bond acceptors (Lipinski definition) is 5. The fourth-order valence-electron chi connectivity index (χ4n) is 2.41. The van der Waals surface area contributed by atoms with Crippen molar-refractivity contribution in [2.45, 2.75) is 26.3 Å². The van der Waals surface area contributed by atoms with E-state index in [2.05, 4.69) is 5.32 Å². The molecule has 1 heterocycles. The Morgan fingerprint density at radius 3 is 2.26 bits per heavy atom. The van der Waals surface area contributed by atoms with Crippen molar-refractivity contribution in [3.05, 3.63) is 41.6 Å². The molecule has 1 aromatic rings. The predicted octanol–water partition coefficient (Wildman–Crippen LogP) is 0.401. The molecule has 0 radical (unpaired) electrons. The minimum Gasteiger partial charge on any atom is -0.370 e. The molecule has 0 aliphatic carbocycles. The molecular formula is C15H19N3O4S. The van der Waals surface area contributed by atoms with E-state index >= 15 is 0 Å². The van der Waals surface area contributed by atoms with Crippen molar-refractivity contribution in [3.8, 4) is 0 Å². The molecule has 124 valence electrons. The van der Waals surface area contributed by atoms with Gasteiger partial charge in [-0.15, -0.1) is 0 Å². The van der Waals surface area contributed by atoms with Crippen LogP contribution in [0.15, 0.2) is 36.0 Å². The zero-order chi connectivity index (χ0) is 17.4. The van der Waals surface area contributed by atoms with Gasteiger partial charge < -0.3 is 11.1 Å². The quantitative estimate of drug-likeness (QED) is 0.826. The Morgan fingerprint density at radius 2 is 1.78 bits per heavy atom. The Bertz CT molecular complexity index is 777. The number of rotatable bonds is 4. The SMILES string of the molecule is CC(C)(C)N1C(=O)C(NCC(N)=O)=C(c2ccccc2)S1(=O)=O. The van der Waals surface area contributed by atoms with Crippen LogP contribution in [0.2, 0.25) is 0 Å². The van der Waals surface area contributed by atoms with Crippen LogP contribution in [-0.2, 0) is 19.6 Å². The summed E-state index contributed by atoms with van der Waals surface area (Å²) in [4.78, 5) is 23.5. The number of benzene rings is 1. The summed E-state index contributed by atoms with van der Waals surface area (Å²) in [5.41, 5.74) is 4.39. The van der Waals surface area contributed by atoms with E-state index in [1.54, 1.807) is 51.1 Å². The van der Waals surface area contributed by atoms with Crippen LogP contribution in [0.5, 0.6) is 0 Å². The summed E-state index contributed by atoms with van der Waals surface area (Å²) in [6, 6.07) is 8.28. The number of amides is 2. The van der Waals surface area contributed by atoms with Crippen LogP contribution in [0.25, 0.3) is 4.91 Å². The molecule has 7 nitrogen and oxygen atoms in total. The maximum Gasteiger partial charge on any atom is 0.285 e. The number of nitrogens with two attached hydrogens (primary N) is 1. The highest BCUT2D eigenvalue weighted by molar-refractivity contribution is 7.99. The largest absolute Gasteiger partial charge is 0.370 e. The van der Waals surface area contributed by atoms with Crippen LogP contribution in [0.1, 0.15) is 26.3 Å². The van der Waals surface area contributed by atoms with Crippen LogP contribution >= 0.6 is 0 Å². The topological polar surface area (TPSA) is 110 Å². The molecule has 0 atom stereocenters. The molecule has 1 aromatic carbocycles. The van der Waals surface area contributed by atoms with Crippen molar-refractivity contribution >= 4 is 26.7 Å². The summed E-state index contributed by atoms with van der Waals surface area (Å²) in [6.07, 6.45) is 0. The van der Waals surface area contributed by atoms with Crippen LogP contribution in [-0.4, -0.2) is 36.6 Å². The van der Waals surface area contributed by atoms with Gasteiger partial charge in [0, 0.05) is 0 Å². The highest BCUT2D eigenvalue weighted by Crippen LogP contribution is 2.38. The molecule has 0 fully saturated rings. The van der Waals surface area contributed by atoms with Crippen LogP contribution in [0.3, 0.4) is 0 Å². The van der Waals surface area contributed by atoms with Gasteiger partial charge in [-0.2, -0.15) is 0 Å². The van der Waals surface area contributed by atoms with Crippen LogP contribution in [0, 0.1) is 0 Å². The summed E-state index contributed by atoms with van der Waals surface area (Å²) in [7, 11) is -4.04. The molecule has 2 amide bonds. The highest BCUT2D eigenvalue weighted by atomic mass is 32.2. The van der Waals surface area contributed by atoms with E-state index in [0.717, 1.165) is 4.31 Å². The lowest BCUT2D eigenvalue weighted by molar-refractivity contribution is -0.125. The van der Waals surface area contributed by atoms with E-state index in [4.69, 9.17) is 5.73 Å². The van der Waals surface area contributed by atoms with Crippen molar-refractivity contribution < 1.29 is 18.0 Å². The smallest absolute Gasteiger partial charge is 0.285 e. The summed E-state index contributed by atoms with van der Waals surface area (Å²) in [5, 5.41) is 2.57. The number of nitrogens with one attached hydrogen (secondary N) is 1. The second kappa shape index (κ2) is 5.69. The zero-order valence-corrected chi connectivity index (χ0v) is 14.0. The van der Waals surface area contributed by atoms with E-state index < -0.39 is 27.4 Å². The van der Waals surface area contributed by atoms with Crippen molar-refractivity contribution in [1.82, 2.24) is 9.62 Å². The van der Waals surface area contributed by atoms with Gasteiger partial charge in [0.2, 0.25) is 5.91 Å². The number of carbonyl (C=O) groups excluding carboxylic acids is 2. The van der Waals surface area contributed by atoms with E-state index in [1.807, 2.05) is 0 Å². The van der Waals surface area contributed by atoms with Gasteiger partial charge in [-0.05, 0) is 26.3 Å². The third-order valence-electron chi connectivity index (χ3n) is 3.21. The van der Waals surface area contributed by atoms with Crippen molar-refractivity contribution in [1.29, 1.82) is 0 Å². The molecule has 0 unspecified atom stereocenters. The fraction of sp³-hybridized carbons (Fsp3) is 0.333. The Morgan fingerprint density at radius 1 is 1.22 bits per heavy atom. The molecule has 0 bridgehead atoms. The molecule has 0 spiro atoms. The first-order valence-electron chi connectivity index (χ1n) is 6.98. The lowest BCUT2D eigenvalue weighted by Crippen LogP contribution is -2.47. The third kappa shape index (κ3) is 3.07. The minimum atomic E-state index is -4.04. The lowest BCUT2D eigenvalue weighted by Gasteiger charge is -2.30. The van der Waals surface area contributed by atoms with Gasteiger partial charge in [0.05, 0.1) is 12.1 Å². The van der Waals surface area contributed by atoms with Gasteiger partial charge in [-0.1, -0.05) is 30.3 Å². The lowest BCUT2D eigenvalue weighted by atomic mass is 10.1. The summed E-state index contributed by atoms with van der Waals surface area (Å²) in [6.45, 7) is 4.55. The van der Waals surface area contributed by atoms with Gasteiger partial charge >= 0.3 is 0 Å². The Labute approximate surface area is 135 Å². The molecule has 1 aliphatic rings. The van der Waals surface area contributed by atoms with E-state index in [-0.39, 0.29) is 17.1 Å². The summed E-state index contributed by atoms with van der Waals surface area (Å²) in [5.74, 6) is -1.39. The first kappa shape index (κ1) is 17.0. The van der Waals surface area contributed by atoms with Crippen molar-refractivity contribution in [2.75, 3.05) is 6.54 Å². The second-order valence-electron chi connectivity index (χ2n) is 6.14. The normalized spacial score (nSPS) is 17.5. The Kier molecular flexibility index (Phi) is 4.21. The van der Waals surface area contributed by atoms with Crippen molar-refractivity contribution in [2.24, 2.45) is 5.73 Å². The maximum atomic E-state index is 12.9. The standard InChI is InChI=1S/C15H19N3O4S/c1-15(2,3)18-14(20)12(17-9-11(16)19)13(23(18,21)22)10-7-5-4-6-8-10/h4-8,17H,9H2,1-3H3,(H2,16,19). The monoisotopic (exact) mass is 337 g/mol. The Balaban J connectivity index is 2.65. The summed E-state index contributed by atoms with van der Waals surface area (Å²) < 4.78 is 26.6. The molecule has 2 rings (SSSR count). The van der Waals surface area contributed by atoms with Gasteiger partial charge in [0.1, 0.15) is 10.6 Å². The van der Waals surface area contributed by atoms with E-state index in [1.165, 1.54) is 0 Å². The first-order chi connectivity index (χ1) is 10.6. The minimum absolute atomic E-state index is 0.134. The van der Waals surface area contributed by atoms with Crippen molar-refractivity contribution in [3.63, 3.8) is 0 Å². The highest BCUT2D eigenvalue weighted by Gasteiger charge is 2.49. The maximum absolute atomic E-state index is 12.9. The third-order valence-corrected chi connectivity index (χ3v) is 5.36. The number of nitrogens with zero attached hydrogens (tertiary/aromatic N) is 1. The van der Waals surface area contributed by atoms with E-state index in [9.17, 15) is 18.0 Å². The first-order valence-corrected chi connectivity index (χ1v) is 8.42. The molecular weight excluding hydrogens is 318 g/mol. The van der Waals surface area contributed by atoms with Gasteiger partial charge in [0.15, 0.2) is 0 Å². The second-order valence-corrected chi connectivity index (χ2v) is 7.86. The van der Waals surface area contributed by atoms with Gasteiger partial charge in [-0.25, -0.2) is 12.7 Å². The zero-order valence-electron chi connectivity index (χ0n) is 13.2.